The van der Waals surface area contributed by atoms with Crippen LogP contribution in [-0.4, -0.2) is 32.7 Å². The number of hydrogen-bond acceptors (Lipinski definition) is 2. The Morgan fingerprint density at radius 1 is 1.27 bits per heavy atom. The third-order valence-electron chi connectivity index (χ3n) is 1.66. The fourth-order valence-corrected chi connectivity index (χ4v) is 1.12. The lowest BCUT2D eigenvalue weighted by Gasteiger charge is -2.18. The predicted molar refractivity (Wildman–Crippen MR) is 48.6 cm³/mol. The highest BCUT2D eigenvalue weighted by Gasteiger charge is 2.00. The number of methoxy groups -OCH3 is 1. The molecule has 2 nitrogen and oxygen atoms in total. The molecule has 0 aromatic rings. The van der Waals surface area contributed by atoms with Crippen LogP contribution in [0.25, 0.3) is 0 Å². The van der Waals surface area contributed by atoms with Gasteiger partial charge in [0, 0.05) is 33.3 Å². The minimum atomic E-state index is 0.804. The SMILES string of the molecule is COCCC(=C(C)C)N(C)C. The van der Waals surface area contributed by atoms with E-state index in [1.165, 1.54) is 11.3 Å². The van der Waals surface area contributed by atoms with Gasteiger partial charge in [0.1, 0.15) is 0 Å². The van der Waals surface area contributed by atoms with E-state index in [1.54, 1.807) is 7.11 Å². The molecular formula is C9H19NO. The summed E-state index contributed by atoms with van der Waals surface area (Å²) in [6, 6.07) is 0. The monoisotopic (exact) mass is 157 g/mol. The Kier molecular flexibility index (Phi) is 4.95. The molecule has 0 fully saturated rings. The third kappa shape index (κ3) is 4.04. The summed E-state index contributed by atoms with van der Waals surface area (Å²) in [5, 5.41) is 0. The molecule has 0 saturated carbocycles. The van der Waals surface area contributed by atoms with Crippen LogP contribution in [0.2, 0.25) is 0 Å². The molecule has 0 amide bonds. The van der Waals surface area contributed by atoms with E-state index in [0.29, 0.717) is 0 Å². The highest BCUT2D eigenvalue weighted by atomic mass is 16.5. The quantitative estimate of drug-likeness (QED) is 0.618. The molecule has 0 aromatic heterocycles. The van der Waals surface area contributed by atoms with E-state index in [0.717, 1.165) is 13.0 Å². The number of allylic oxidation sites excluding steroid dienone is 1. The first kappa shape index (κ1) is 10.5. The molecule has 0 radical (unpaired) electrons. The van der Waals surface area contributed by atoms with Gasteiger partial charge >= 0.3 is 0 Å². The van der Waals surface area contributed by atoms with Crippen molar-refractivity contribution in [2.24, 2.45) is 0 Å². The Hall–Kier alpha value is -0.500. The fraction of sp³-hybridized carbons (Fsp3) is 0.778. The van der Waals surface area contributed by atoms with Crippen molar-refractivity contribution in [2.45, 2.75) is 20.3 Å². The Morgan fingerprint density at radius 2 is 1.82 bits per heavy atom. The Morgan fingerprint density at radius 3 is 2.09 bits per heavy atom. The summed E-state index contributed by atoms with van der Waals surface area (Å²) >= 11 is 0. The maximum absolute atomic E-state index is 5.01. The lowest BCUT2D eigenvalue weighted by atomic mass is 10.2. The van der Waals surface area contributed by atoms with Crippen LogP contribution in [0.3, 0.4) is 0 Å². The van der Waals surface area contributed by atoms with Crippen LogP contribution in [0.4, 0.5) is 0 Å². The van der Waals surface area contributed by atoms with Gasteiger partial charge in [-0.2, -0.15) is 0 Å². The van der Waals surface area contributed by atoms with Gasteiger partial charge in [-0.25, -0.2) is 0 Å². The third-order valence-corrected chi connectivity index (χ3v) is 1.66. The maximum atomic E-state index is 5.01. The topological polar surface area (TPSA) is 12.5 Å². The van der Waals surface area contributed by atoms with Gasteiger partial charge in [-0.1, -0.05) is 5.57 Å². The van der Waals surface area contributed by atoms with E-state index in [2.05, 4.69) is 32.8 Å². The molecule has 0 aliphatic heterocycles. The largest absolute Gasteiger partial charge is 0.384 e. The van der Waals surface area contributed by atoms with Crippen molar-refractivity contribution in [2.75, 3.05) is 27.8 Å². The zero-order chi connectivity index (χ0) is 8.85. The minimum absolute atomic E-state index is 0.804. The van der Waals surface area contributed by atoms with E-state index in [9.17, 15) is 0 Å². The van der Waals surface area contributed by atoms with Crippen molar-refractivity contribution in [3.8, 4) is 0 Å². The summed E-state index contributed by atoms with van der Waals surface area (Å²) in [5.74, 6) is 0. The van der Waals surface area contributed by atoms with Gasteiger partial charge in [0.2, 0.25) is 0 Å². The van der Waals surface area contributed by atoms with Crippen molar-refractivity contribution in [1.82, 2.24) is 4.90 Å². The Bertz CT molecular complexity index is 134. The van der Waals surface area contributed by atoms with Crippen molar-refractivity contribution in [3.05, 3.63) is 11.3 Å². The Labute approximate surface area is 69.8 Å². The number of nitrogens with zero attached hydrogens (tertiary/aromatic N) is 1. The van der Waals surface area contributed by atoms with Crippen LogP contribution in [0.5, 0.6) is 0 Å². The van der Waals surface area contributed by atoms with Gasteiger partial charge in [-0.3, -0.25) is 0 Å². The van der Waals surface area contributed by atoms with Gasteiger partial charge in [0.25, 0.3) is 0 Å². The zero-order valence-corrected chi connectivity index (χ0v) is 8.27. The molecule has 0 N–H and O–H groups in total. The summed E-state index contributed by atoms with van der Waals surface area (Å²) in [4.78, 5) is 2.15. The second kappa shape index (κ2) is 5.19. The van der Waals surface area contributed by atoms with Crippen LogP contribution in [0.1, 0.15) is 20.3 Å². The number of hydrogen-bond donors (Lipinski definition) is 0. The smallest absolute Gasteiger partial charge is 0.0516 e. The van der Waals surface area contributed by atoms with Gasteiger partial charge in [-0.05, 0) is 13.8 Å². The second-order valence-electron chi connectivity index (χ2n) is 3.08. The molecule has 0 aromatic carbocycles. The molecule has 0 spiro atoms. The lowest BCUT2D eigenvalue weighted by molar-refractivity contribution is 0.195. The van der Waals surface area contributed by atoms with E-state index >= 15 is 0 Å². The van der Waals surface area contributed by atoms with E-state index in [-0.39, 0.29) is 0 Å². The van der Waals surface area contributed by atoms with Crippen LogP contribution >= 0.6 is 0 Å². The lowest BCUT2D eigenvalue weighted by Crippen LogP contribution is -2.14. The van der Waals surface area contributed by atoms with Crippen LogP contribution in [0, 0.1) is 0 Å². The van der Waals surface area contributed by atoms with Gasteiger partial charge in [-0.15, -0.1) is 0 Å². The zero-order valence-electron chi connectivity index (χ0n) is 8.27. The normalized spacial score (nSPS) is 9.55. The molecule has 0 atom stereocenters. The summed E-state index contributed by atoms with van der Waals surface area (Å²) in [7, 11) is 5.87. The summed E-state index contributed by atoms with van der Waals surface area (Å²) in [6.45, 7) is 5.06. The molecule has 0 aliphatic carbocycles. The molecule has 11 heavy (non-hydrogen) atoms. The average Bonchev–Trinajstić information content (AvgIpc) is 1.87. The second-order valence-corrected chi connectivity index (χ2v) is 3.08. The standard InChI is InChI=1S/C9H19NO/c1-8(2)9(10(3)4)6-7-11-5/h6-7H2,1-5H3. The maximum Gasteiger partial charge on any atom is 0.0516 e. The molecular weight excluding hydrogens is 138 g/mol. The van der Waals surface area contributed by atoms with E-state index in [1.807, 2.05) is 0 Å². The van der Waals surface area contributed by atoms with E-state index in [4.69, 9.17) is 4.74 Å². The summed E-state index contributed by atoms with van der Waals surface area (Å²) in [6.07, 6.45) is 1.01. The molecule has 0 heterocycles. The predicted octanol–water partition coefficient (Wildman–Crippen LogP) is 1.88. The molecule has 2 heteroatoms. The van der Waals surface area contributed by atoms with Crippen LogP contribution in [0.15, 0.2) is 11.3 Å². The first-order valence-corrected chi connectivity index (χ1v) is 3.92. The molecule has 66 valence electrons. The summed E-state index contributed by atoms with van der Waals surface area (Å²) in [5.41, 5.74) is 2.74. The molecule has 0 saturated heterocycles. The molecule has 0 aliphatic rings. The summed E-state index contributed by atoms with van der Waals surface area (Å²) < 4.78 is 5.01. The highest BCUT2D eigenvalue weighted by molar-refractivity contribution is 5.07. The van der Waals surface area contributed by atoms with Crippen molar-refractivity contribution in [3.63, 3.8) is 0 Å². The van der Waals surface area contributed by atoms with Crippen molar-refractivity contribution >= 4 is 0 Å². The van der Waals surface area contributed by atoms with Gasteiger partial charge in [0.15, 0.2) is 0 Å². The van der Waals surface area contributed by atoms with Gasteiger partial charge < -0.3 is 9.64 Å². The first-order chi connectivity index (χ1) is 5.09. The van der Waals surface area contributed by atoms with Gasteiger partial charge in [0.05, 0.1) is 6.61 Å². The van der Waals surface area contributed by atoms with Crippen molar-refractivity contribution < 1.29 is 4.74 Å². The highest BCUT2D eigenvalue weighted by Crippen LogP contribution is 2.10. The van der Waals surface area contributed by atoms with Crippen LogP contribution < -0.4 is 0 Å². The number of ether oxygens (including phenoxy) is 1. The number of rotatable bonds is 4. The Balaban J connectivity index is 4.03. The molecule has 0 unspecified atom stereocenters. The molecule has 0 rings (SSSR count). The first-order valence-electron chi connectivity index (χ1n) is 3.92. The molecule has 0 bridgehead atoms. The van der Waals surface area contributed by atoms with E-state index < -0.39 is 0 Å². The fourth-order valence-electron chi connectivity index (χ4n) is 1.12. The van der Waals surface area contributed by atoms with Crippen molar-refractivity contribution in [1.29, 1.82) is 0 Å². The minimum Gasteiger partial charge on any atom is -0.384 e. The average molecular weight is 157 g/mol. The van der Waals surface area contributed by atoms with Crippen LogP contribution in [-0.2, 0) is 4.74 Å².